The quantitative estimate of drug-likeness (QED) is 0.864. The second kappa shape index (κ2) is 7.36. The third-order valence-corrected chi connectivity index (χ3v) is 3.89. The molecule has 0 bridgehead atoms. The first-order chi connectivity index (χ1) is 9.07. The van der Waals surface area contributed by atoms with Crippen molar-refractivity contribution in [2.75, 3.05) is 25.5 Å². The standard InChI is InChI=1S/C13H16BrFN2O2.ClH/c1-19-13(4-6-16-7-5-13)12(18)17-11-3-2-9(14)8-10(11)15;/h2-3,8,16H,4-7H2,1H3,(H,17,18);1H. The summed E-state index contributed by atoms with van der Waals surface area (Å²) in [6.07, 6.45) is 1.15. The summed E-state index contributed by atoms with van der Waals surface area (Å²) in [4.78, 5) is 12.3. The molecule has 1 aliphatic heterocycles. The molecule has 20 heavy (non-hydrogen) atoms. The first kappa shape index (κ1) is 17.4. The van der Waals surface area contributed by atoms with E-state index in [0.29, 0.717) is 30.4 Å². The summed E-state index contributed by atoms with van der Waals surface area (Å²) in [5.74, 6) is -0.763. The van der Waals surface area contributed by atoms with E-state index >= 15 is 0 Å². The Hall–Kier alpha value is -0.690. The van der Waals surface area contributed by atoms with E-state index < -0.39 is 11.4 Å². The molecule has 1 aromatic carbocycles. The van der Waals surface area contributed by atoms with Crippen molar-refractivity contribution in [2.45, 2.75) is 18.4 Å². The summed E-state index contributed by atoms with van der Waals surface area (Å²) < 4.78 is 19.7. The van der Waals surface area contributed by atoms with E-state index in [9.17, 15) is 9.18 Å². The number of hydrogen-bond acceptors (Lipinski definition) is 3. The molecule has 2 N–H and O–H groups in total. The Morgan fingerprint density at radius 3 is 2.65 bits per heavy atom. The minimum atomic E-state index is -0.870. The molecule has 7 heteroatoms. The first-order valence-corrected chi connectivity index (χ1v) is 6.89. The Bertz CT molecular complexity index is 481. The molecule has 2 rings (SSSR count). The normalized spacial score (nSPS) is 17.1. The van der Waals surface area contributed by atoms with Gasteiger partial charge in [-0.3, -0.25) is 4.79 Å². The van der Waals surface area contributed by atoms with Crippen LogP contribution in [0.15, 0.2) is 22.7 Å². The fourth-order valence-electron chi connectivity index (χ4n) is 2.18. The second-order valence-corrected chi connectivity index (χ2v) is 5.44. The zero-order valence-corrected chi connectivity index (χ0v) is 13.4. The number of piperidine rings is 1. The highest BCUT2D eigenvalue weighted by Crippen LogP contribution is 2.26. The molecular weight excluding hydrogens is 351 g/mol. The van der Waals surface area contributed by atoms with Crippen LogP contribution in [0, 0.1) is 5.82 Å². The molecule has 1 fully saturated rings. The molecule has 1 aromatic rings. The van der Waals surface area contributed by atoms with Gasteiger partial charge in [-0.25, -0.2) is 4.39 Å². The van der Waals surface area contributed by atoms with Crippen LogP contribution >= 0.6 is 28.3 Å². The van der Waals surface area contributed by atoms with Crippen LogP contribution in [0.3, 0.4) is 0 Å². The molecule has 4 nitrogen and oxygen atoms in total. The number of nitrogens with one attached hydrogen (secondary N) is 2. The second-order valence-electron chi connectivity index (χ2n) is 4.53. The average Bonchev–Trinajstić information content (AvgIpc) is 2.42. The lowest BCUT2D eigenvalue weighted by Gasteiger charge is -2.34. The Labute approximate surface area is 132 Å². The maximum atomic E-state index is 13.7. The maximum absolute atomic E-state index is 13.7. The monoisotopic (exact) mass is 366 g/mol. The molecule has 0 radical (unpaired) electrons. The number of halogens is 3. The van der Waals surface area contributed by atoms with Crippen LogP contribution in [-0.2, 0) is 9.53 Å². The molecule has 0 aliphatic carbocycles. The van der Waals surface area contributed by atoms with E-state index in [1.807, 2.05) is 0 Å². The Morgan fingerprint density at radius 1 is 1.45 bits per heavy atom. The van der Waals surface area contributed by atoms with Crippen molar-refractivity contribution >= 4 is 39.9 Å². The predicted octanol–water partition coefficient (Wildman–Crippen LogP) is 2.72. The maximum Gasteiger partial charge on any atom is 0.256 e. The van der Waals surface area contributed by atoms with Crippen LogP contribution in [0.1, 0.15) is 12.8 Å². The number of carbonyl (C=O) groups is 1. The van der Waals surface area contributed by atoms with Gasteiger partial charge in [-0.2, -0.15) is 0 Å². The van der Waals surface area contributed by atoms with Crippen molar-refractivity contribution < 1.29 is 13.9 Å². The van der Waals surface area contributed by atoms with E-state index in [1.165, 1.54) is 19.2 Å². The molecule has 0 atom stereocenters. The highest BCUT2D eigenvalue weighted by Gasteiger charge is 2.39. The molecule has 0 saturated carbocycles. The van der Waals surface area contributed by atoms with Gasteiger partial charge in [0.05, 0.1) is 5.69 Å². The van der Waals surface area contributed by atoms with Crippen molar-refractivity contribution in [2.24, 2.45) is 0 Å². The Morgan fingerprint density at radius 2 is 2.10 bits per heavy atom. The number of hydrogen-bond donors (Lipinski definition) is 2. The highest BCUT2D eigenvalue weighted by atomic mass is 79.9. The lowest BCUT2D eigenvalue weighted by Crippen LogP contribution is -2.51. The van der Waals surface area contributed by atoms with Gasteiger partial charge in [-0.15, -0.1) is 12.4 Å². The lowest BCUT2D eigenvalue weighted by molar-refractivity contribution is -0.140. The third kappa shape index (κ3) is 3.69. The predicted molar refractivity (Wildman–Crippen MR) is 81.8 cm³/mol. The Kier molecular flexibility index (Phi) is 6.39. The minimum Gasteiger partial charge on any atom is -0.368 e. The fraction of sp³-hybridized carbons (Fsp3) is 0.462. The van der Waals surface area contributed by atoms with Crippen LogP contribution in [0.25, 0.3) is 0 Å². The first-order valence-electron chi connectivity index (χ1n) is 6.10. The summed E-state index contributed by atoms with van der Waals surface area (Å²) in [6.45, 7) is 1.42. The summed E-state index contributed by atoms with van der Waals surface area (Å²) in [5.41, 5.74) is -0.701. The van der Waals surface area contributed by atoms with Gasteiger partial charge in [-0.1, -0.05) is 15.9 Å². The van der Waals surface area contributed by atoms with Gasteiger partial charge in [0.1, 0.15) is 11.4 Å². The number of anilines is 1. The average molecular weight is 368 g/mol. The molecule has 0 spiro atoms. The third-order valence-electron chi connectivity index (χ3n) is 3.40. The van der Waals surface area contributed by atoms with Gasteiger partial charge in [0.2, 0.25) is 0 Å². The van der Waals surface area contributed by atoms with Gasteiger partial charge in [-0.05, 0) is 44.1 Å². The van der Waals surface area contributed by atoms with Gasteiger partial charge in [0.25, 0.3) is 5.91 Å². The topological polar surface area (TPSA) is 50.4 Å². The van der Waals surface area contributed by atoms with E-state index in [2.05, 4.69) is 26.6 Å². The smallest absolute Gasteiger partial charge is 0.256 e. The summed E-state index contributed by atoms with van der Waals surface area (Å²) in [5, 5.41) is 5.78. The molecule has 0 unspecified atom stereocenters. The van der Waals surface area contributed by atoms with Gasteiger partial charge in [0, 0.05) is 11.6 Å². The molecule has 0 aromatic heterocycles. The number of methoxy groups -OCH3 is 1. The SMILES string of the molecule is COC1(C(=O)Nc2ccc(Br)cc2F)CCNCC1.Cl. The van der Waals surface area contributed by atoms with Gasteiger partial charge in [0.15, 0.2) is 0 Å². The van der Waals surface area contributed by atoms with E-state index in [0.717, 1.165) is 0 Å². The molecular formula is C13H17BrClFN2O2. The van der Waals surface area contributed by atoms with Crippen LogP contribution in [-0.4, -0.2) is 31.7 Å². The molecule has 112 valence electrons. The molecule has 1 aliphatic rings. The van der Waals surface area contributed by atoms with Crippen LogP contribution in [0.5, 0.6) is 0 Å². The van der Waals surface area contributed by atoms with Crippen molar-refractivity contribution in [3.8, 4) is 0 Å². The number of ether oxygens (including phenoxy) is 1. The molecule has 1 heterocycles. The van der Waals surface area contributed by atoms with E-state index in [1.54, 1.807) is 6.07 Å². The number of amides is 1. The molecule has 1 saturated heterocycles. The zero-order valence-electron chi connectivity index (χ0n) is 11.0. The number of rotatable bonds is 3. The van der Waals surface area contributed by atoms with Gasteiger partial charge >= 0.3 is 0 Å². The number of benzene rings is 1. The van der Waals surface area contributed by atoms with Gasteiger partial charge < -0.3 is 15.4 Å². The zero-order chi connectivity index (χ0) is 13.9. The summed E-state index contributed by atoms with van der Waals surface area (Å²) >= 11 is 3.18. The van der Waals surface area contributed by atoms with E-state index in [-0.39, 0.29) is 24.0 Å². The van der Waals surface area contributed by atoms with Crippen molar-refractivity contribution in [1.82, 2.24) is 5.32 Å². The van der Waals surface area contributed by atoms with Crippen LogP contribution in [0.4, 0.5) is 10.1 Å². The van der Waals surface area contributed by atoms with E-state index in [4.69, 9.17) is 4.74 Å². The summed E-state index contributed by atoms with van der Waals surface area (Å²) in [6, 6.07) is 4.53. The Balaban J connectivity index is 0.00000200. The van der Waals surface area contributed by atoms with Crippen LogP contribution < -0.4 is 10.6 Å². The summed E-state index contributed by atoms with van der Waals surface area (Å²) in [7, 11) is 1.52. The number of carbonyl (C=O) groups excluding carboxylic acids is 1. The fourth-order valence-corrected chi connectivity index (χ4v) is 2.51. The lowest BCUT2D eigenvalue weighted by atomic mass is 9.91. The van der Waals surface area contributed by atoms with Crippen LogP contribution in [0.2, 0.25) is 0 Å². The largest absolute Gasteiger partial charge is 0.368 e. The van der Waals surface area contributed by atoms with Crippen molar-refractivity contribution in [3.63, 3.8) is 0 Å². The van der Waals surface area contributed by atoms with Crippen molar-refractivity contribution in [3.05, 3.63) is 28.5 Å². The molecule has 1 amide bonds. The van der Waals surface area contributed by atoms with Crippen molar-refractivity contribution in [1.29, 1.82) is 0 Å². The highest BCUT2D eigenvalue weighted by molar-refractivity contribution is 9.10. The minimum absolute atomic E-state index is 0.